The maximum atomic E-state index is 13.2. The maximum absolute atomic E-state index is 13.2. The summed E-state index contributed by atoms with van der Waals surface area (Å²) in [6, 6.07) is 6.01. The number of nitrogens with zero attached hydrogens (tertiary/aromatic N) is 2. The molecule has 1 aromatic carbocycles. The zero-order valence-corrected chi connectivity index (χ0v) is 14.4. The molecule has 25 heavy (non-hydrogen) atoms. The first-order chi connectivity index (χ1) is 12.0. The Bertz CT molecular complexity index is 742. The second-order valence-corrected chi connectivity index (χ2v) is 6.68. The van der Waals surface area contributed by atoms with Gasteiger partial charge in [0, 0.05) is 25.6 Å². The van der Waals surface area contributed by atoms with Crippen molar-refractivity contribution in [3.8, 4) is 5.69 Å². The van der Waals surface area contributed by atoms with Gasteiger partial charge in [-0.2, -0.15) is 5.10 Å². The molecule has 1 aliphatic rings. The molecule has 0 bridgehead atoms. The van der Waals surface area contributed by atoms with Crippen molar-refractivity contribution >= 4 is 5.91 Å². The van der Waals surface area contributed by atoms with Gasteiger partial charge in [-0.1, -0.05) is 13.8 Å². The largest absolute Gasteiger partial charge is 0.391 e. The van der Waals surface area contributed by atoms with E-state index in [-0.39, 0.29) is 23.6 Å². The number of hydrogen-bond acceptors (Lipinski definition) is 4. The van der Waals surface area contributed by atoms with Gasteiger partial charge in [0.2, 0.25) is 0 Å². The Kier molecular flexibility index (Phi) is 5.15. The molecular formula is C18H23FN4O2. The molecule has 0 aliphatic carbocycles. The first-order valence-corrected chi connectivity index (χ1v) is 8.48. The Morgan fingerprint density at radius 1 is 1.40 bits per heavy atom. The third kappa shape index (κ3) is 3.72. The topological polar surface area (TPSA) is 79.2 Å². The van der Waals surface area contributed by atoms with Crippen LogP contribution in [0.5, 0.6) is 0 Å². The highest BCUT2D eigenvalue weighted by molar-refractivity contribution is 5.95. The second kappa shape index (κ2) is 7.33. The lowest BCUT2D eigenvalue weighted by Crippen LogP contribution is -2.34. The van der Waals surface area contributed by atoms with E-state index in [1.165, 1.54) is 18.3 Å². The van der Waals surface area contributed by atoms with Gasteiger partial charge in [-0.25, -0.2) is 9.07 Å². The van der Waals surface area contributed by atoms with E-state index < -0.39 is 6.10 Å². The number of β-amino-alcohol motifs (C(OH)–C–C–N with tert-alkyl or cyclic N) is 1. The van der Waals surface area contributed by atoms with E-state index >= 15 is 0 Å². The minimum atomic E-state index is -0.438. The van der Waals surface area contributed by atoms with Crippen LogP contribution in [0.2, 0.25) is 0 Å². The monoisotopic (exact) mass is 346 g/mol. The molecule has 3 rings (SSSR count). The molecular weight excluding hydrogens is 323 g/mol. The summed E-state index contributed by atoms with van der Waals surface area (Å²) in [6.45, 7) is 5.62. The van der Waals surface area contributed by atoms with Crippen molar-refractivity contribution in [2.45, 2.75) is 25.9 Å². The maximum Gasteiger partial charge on any atom is 0.254 e. The first kappa shape index (κ1) is 17.6. The summed E-state index contributed by atoms with van der Waals surface area (Å²) in [7, 11) is 0. The van der Waals surface area contributed by atoms with Crippen molar-refractivity contribution < 1.29 is 14.3 Å². The summed E-state index contributed by atoms with van der Waals surface area (Å²) < 4.78 is 14.8. The highest BCUT2D eigenvalue weighted by Gasteiger charge is 2.26. The predicted octanol–water partition coefficient (Wildman–Crippen LogP) is 1.44. The highest BCUT2D eigenvalue weighted by atomic mass is 19.1. The number of benzene rings is 1. The van der Waals surface area contributed by atoms with Crippen LogP contribution in [-0.4, -0.2) is 46.5 Å². The fourth-order valence-electron chi connectivity index (χ4n) is 3.12. The average molecular weight is 346 g/mol. The zero-order valence-electron chi connectivity index (χ0n) is 14.4. The van der Waals surface area contributed by atoms with E-state index in [0.717, 1.165) is 5.69 Å². The molecule has 1 fully saturated rings. The molecule has 2 atom stereocenters. The molecule has 0 radical (unpaired) electrons. The van der Waals surface area contributed by atoms with Gasteiger partial charge in [0.05, 0.1) is 29.2 Å². The second-order valence-electron chi connectivity index (χ2n) is 6.68. The lowest BCUT2D eigenvalue weighted by Gasteiger charge is -2.15. The van der Waals surface area contributed by atoms with Crippen LogP contribution in [0.1, 0.15) is 35.8 Å². The van der Waals surface area contributed by atoms with Gasteiger partial charge in [0.15, 0.2) is 0 Å². The number of aliphatic hydroxyl groups excluding tert-OH is 1. The zero-order chi connectivity index (χ0) is 18.0. The quantitative estimate of drug-likeness (QED) is 0.766. The molecule has 1 saturated heterocycles. The van der Waals surface area contributed by atoms with Gasteiger partial charge in [-0.05, 0) is 30.2 Å². The SMILES string of the molecule is CC(C)c1c(C(=O)NCC2CNCC2O)cnn1-c1ccc(F)cc1. The predicted molar refractivity (Wildman–Crippen MR) is 92.3 cm³/mol. The molecule has 7 heteroatoms. The van der Waals surface area contributed by atoms with Gasteiger partial charge >= 0.3 is 0 Å². The summed E-state index contributed by atoms with van der Waals surface area (Å²) >= 11 is 0. The molecule has 1 amide bonds. The van der Waals surface area contributed by atoms with Crippen LogP contribution in [0.3, 0.4) is 0 Å². The number of hydrogen-bond donors (Lipinski definition) is 3. The number of amides is 1. The fourth-order valence-corrected chi connectivity index (χ4v) is 3.12. The molecule has 2 aromatic rings. The Balaban J connectivity index is 1.81. The molecule has 134 valence electrons. The number of halogens is 1. The van der Waals surface area contributed by atoms with Gasteiger partial charge in [0.1, 0.15) is 5.82 Å². The van der Waals surface area contributed by atoms with Crippen LogP contribution in [-0.2, 0) is 0 Å². The molecule has 6 nitrogen and oxygen atoms in total. The van der Waals surface area contributed by atoms with Crippen LogP contribution < -0.4 is 10.6 Å². The van der Waals surface area contributed by atoms with Crippen molar-refractivity contribution in [1.82, 2.24) is 20.4 Å². The van der Waals surface area contributed by atoms with Crippen molar-refractivity contribution in [3.05, 3.63) is 47.5 Å². The summed E-state index contributed by atoms with van der Waals surface area (Å²) in [5, 5.41) is 20.1. The summed E-state index contributed by atoms with van der Waals surface area (Å²) in [5.74, 6) is -0.453. The van der Waals surface area contributed by atoms with E-state index in [1.807, 2.05) is 13.8 Å². The number of aliphatic hydroxyl groups is 1. The molecule has 2 unspecified atom stereocenters. The van der Waals surface area contributed by atoms with Crippen LogP contribution in [0.15, 0.2) is 30.5 Å². The average Bonchev–Trinajstić information content (AvgIpc) is 3.20. The summed E-state index contributed by atoms with van der Waals surface area (Å²) in [5.41, 5.74) is 1.98. The molecule has 1 aromatic heterocycles. The third-order valence-electron chi connectivity index (χ3n) is 4.50. The fraction of sp³-hybridized carbons (Fsp3) is 0.444. The van der Waals surface area contributed by atoms with Gasteiger partial charge < -0.3 is 15.7 Å². The van der Waals surface area contributed by atoms with Crippen molar-refractivity contribution in [2.75, 3.05) is 19.6 Å². The first-order valence-electron chi connectivity index (χ1n) is 8.48. The number of aromatic nitrogens is 2. The molecule has 0 spiro atoms. The summed E-state index contributed by atoms with van der Waals surface area (Å²) in [4.78, 5) is 12.6. The molecule has 3 N–H and O–H groups in total. The van der Waals surface area contributed by atoms with E-state index in [1.54, 1.807) is 16.8 Å². The Morgan fingerprint density at radius 2 is 2.12 bits per heavy atom. The van der Waals surface area contributed by atoms with Gasteiger partial charge in [0.25, 0.3) is 5.91 Å². The number of carbonyl (C=O) groups is 1. The smallest absolute Gasteiger partial charge is 0.254 e. The van der Waals surface area contributed by atoms with Gasteiger partial charge in [-0.3, -0.25) is 4.79 Å². The Hall–Kier alpha value is -2.25. The number of rotatable bonds is 5. The van der Waals surface area contributed by atoms with Crippen molar-refractivity contribution in [1.29, 1.82) is 0 Å². The Morgan fingerprint density at radius 3 is 2.72 bits per heavy atom. The van der Waals surface area contributed by atoms with E-state index in [2.05, 4.69) is 15.7 Å². The van der Waals surface area contributed by atoms with Crippen LogP contribution in [0.4, 0.5) is 4.39 Å². The minimum Gasteiger partial charge on any atom is -0.391 e. The van der Waals surface area contributed by atoms with E-state index in [9.17, 15) is 14.3 Å². The van der Waals surface area contributed by atoms with E-state index in [0.29, 0.717) is 30.9 Å². The Labute approximate surface area is 146 Å². The van der Waals surface area contributed by atoms with Crippen molar-refractivity contribution in [3.63, 3.8) is 0 Å². The van der Waals surface area contributed by atoms with Gasteiger partial charge in [-0.15, -0.1) is 0 Å². The highest BCUT2D eigenvalue weighted by Crippen LogP contribution is 2.23. The number of carbonyl (C=O) groups excluding carboxylic acids is 1. The number of nitrogens with one attached hydrogen (secondary N) is 2. The molecule has 0 saturated carbocycles. The summed E-state index contributed by atoms with van der Waals surface area (Å²) in [6.07, 6.45) is 1.10. The lowest BCUT2D eigenvalue weighted by molar-refractivity contribution is 0.0925. The minimum absolute atomic E-state index is 0.0126. The standard InChI is InChI=1S/C18H23FN4O2/c1-11(2)17-15(18(25)21-8-12-7-20-10-16(12)24)9-22-23(17)14-5-3-13(19)4-6-14/h3-6,9,11-12,16,20,24H,7-8,10H2,1-2H3,(H,21,25). The normalized spacial score (nSPS) is 20.2. The lowest BCUT2D eigenvalue weighted by atomic mass is 10.0. The van der Waals surface area contributed by atoms with Crippen LogP contribution in [0.25, 0.3) is 5.69 Å². The third-order valence-corrected chi connectivity index (χ3v) is 4.50. The van der Waals surface area contributed by atoms with Crippen LogP contribution in [0, 0.1) is 11.7 Å². The van der Waals surface area contributed by atoms with Crippen LogP contribution >= 0.6 is 0 Å². The van der Waals surface area contributed by atoms with E-state index in [4.69, 9.17) is 0 Å². The molecule has 1 aliphatic heterocycles. The molecule has 2 heterocycles. The van der Waals surface area contributed by atoms with Crippen molar-refractivity contribution in [2.24, 2.45) is 5.92 Å².